The molecule has 0 aliphatic heterocycles. The fourth-order valence-corrected chi connectivity index (χ4v) is 2.75. The number of rotatable bonds is 5. The van der Waals surface area contributed by atoms with Gasteiger partial charge >= 0.3 is 0 Å². The Morgan fingerprint density at radius 1 is 1.33 bits per heavy atom. The summed E-state index contributed by atoms with van der Waals surface area (Å²) in [5.74, 6) is 0. The molecule has 0 fully saturated rings. The van der Waals surface area contributed by atoms with Crippen LogP contribution < -0.4 is 0 Å². The molecule has 0 saturated carbocycles. The van der Waals surface area contributed by atoms with Crippen molar-refractivity contribution >= 4 is 34.9 Å². The van der Waals surface area contributed by atoms with E-state index < -0.39 is 8.07 Å². The van der Waals surface area contributed by atoms with Gasteiger partial charge in [-0.15, -0.1) is 0 Å². The van der Waals surface area contributed by atoms with Gasteiger partial charge in [-0.25, -0.2) is 4.68 Å². The predicted molar refractivity (Wildman–Crippen MR) is 81.5 cm³/mol. The van der Waals surface area contributed by atoms with Gasteiger partial charge in [0.05, 0.1) is 5.52 Å². The van der Waals surface area contributed by atoms with Crippen LogP contribution >= 0.6 is 15.9 Å². The van der Waals surface area contributed by atoms with Crippen LogP contribution in [0.2, 0.25) is 25.7 Å². The summed E-state index contributed by atoms with van der Waals surface area (Å²) in [5.41, 5.74) is 0.998. The molecule has 1 aromatic carbocycles. The van der Waals surface area contributed by atoms with Gasteiger partial charge in [-0.05, 0) is 18.2 Å². The minimum atomic E-state index is -0.996. The molecule has 0 amide bonds. The average Bonchev–Trinajstić information content (AvgIpc) is 2.65. The van der Waals surface area contributed by atoms with Crippen LogP contribution in [-0.4, -0.2) is 24.5 Å². The van der Waals surface area contributed by atoms with Gasteiger partial charge in [0.15, 0.2) is 0 Å². The van der Waals surface area contributed by atoms with E-state index in [-0.39, 0.29) is 0 Å². The van der Waals surface area contributed by atoms with Crippen molar-refractivity contribution in [1.82, 2.24) is 9.78 Å². The van der Waals surface area contributed by atoms with Crippen molar-refractivity contribution in [2.24, 2.45) is 0 Å². The van der Waals surface area contributed by atoms with Gasteiger partial charge < -0.3 is 4.74 Å². The standard InChI is InChI=1S/C13H19BrN2OSi/c1-18(2,3)7-6-17-10-16-9-11-4-5-12(14)8-13(11)15-16/h4-5,8-9H,6-7,10H2,1-3H3. The van der Waals surface area contributed by atoms with E-state index in [9.17, 15) is 0 Å². The molecular weight excluding hydrogens is 308 g/mol. The molecule has 0 spiro atoms. The van der Waals surface area contributed by atoms with Crippen molar-refractivity contribution in [3.8, 4) is 0 Å². The second-order valence-electron chi connectivity index (χ2n) is 5.72. The molecular formula is C13H19BrN2OSi. The van der Waals surface area contributed by atoms with Crippen molar-refractivity contribution in [2.45, 2.75) is 32.4 Å². The molecule has 2 rings (SSSR count). The first-order valence-corrected chi connectivity index (χ1v) is 10.6. The van der Waals surface area contributed by atoms with Crippen molar-refractivity contribution in [3.05, 3.63) is 28.9 Å². The number of fused-ring (bicyclic) bond motifs is 1. The summed E-state index contributed by atoms with van der Waals surface area (Å²) >= 11 is 3.45. The Morgan fingerprint density at radius 3 is 2.83 bits per heavy atom. The first-order valence-electron chi connectivity index (χ1n) is 6.14. The summed E-state index contributed by atoms with van der Waals surface area (Å²) in [6, 6.07) is 7.30. The first kappa shape index (κ1) is 13.8. The Hall–Kier alpha value is -0.653. The van der Waals surface area contributed by atoms with Crippen molar-refractivity contribution in [1.29, 1.82) is 0 Å². The second-order valence-corrected chi connectivity index (χ2v) is 12.3. The molecule has 3 nitrogen and oxygen atoms in total. The summed E-state index contributed by atoms with van der Waals surface area (Å²) in [4.78, 5) is 0. The Bertz CT molecular complexity index is 533. The first-order chi connectivity index (χ1) is 8.44. The Balaban J connectivity index is 1.92. The monoisotopic (exact) mass is 326 g/mol. The fourth-order valence-electron chi connectivity index (χ4n) is 1.64. The molecule has 0 unspecified atom stereocenters. The fraction of sp³-hybridized carbons (Fsp3) is 0.462. The Labute approximate surface area is 117 Å². The van der Waals surface area contributed by atoms with Gasteiger partial charge in [-0.3, -0.25) is 0 Å². The number of benzene rings is 1. The molecule has 2 aromatic rings. The third kappa shape index (κ3) is 3.93. The molecule has 0 atom stereocenters. The van der Waals surface area contributed by atoms with Crippen LogP contribution in [0.5, 0.6) is 0 Å². The van der Waals surface area contributed by atoms with E-state index in [0.29, 0.717) is 6.73 Å². The summed E-state index contributed by atoms with van der Waals surface area (Å²) < 4.78 is 8.60. The number of halogens is 1. The molecule has 0 aliphatic rings. The summed E-state index contributed by atoms with van der Waals surface area (Å²) in [6.45, 7) is 8.44. The Morgan fingerprint density at radius 2 is 2.11 bits per heavy atom. The molecule has 0 N–H and O–H groups in total. The zero-order chi connectivity index (χ0) is 13.2. The molecule has 5 heteroatoms. The SMILES string of the molecule is C[Si](C)(C)CCOCn1cc2ccc(Br)cc2n1. The highest BCUT2D eigenvalue weighted by Crippen LogP contribution is 2.18. The van der Waals surface area contributed by atoms with Gasteiger partial charge in [-0.2, -0.15) is 5.10 Å². The van der Waals surface area contributed by atoms with E-state index in [1.807, 2.05) is 23.0 Å². The zero-order valence-electron chi connectivity index (χ0n) is 11.1. The summed E-state index contributed by atoms with van der Waals surface area (Å²) in [5, 5.41) is 5.63. The minimum absolute atomic E-state index is 0.538. The maximum Gasteiger partial charge on any atom is 0.139 e. The van der Waals surface area contributed by atoms with Gasteiger partial charge in [-0.1, -0.05) is 41.6 Å². The maximum atomic E-state index is 5.68. The van der Waals surface area contributed by atoms with E-state index in [2.05, 4.69) is 46.7 Å². The van der Waals surface area contributed by atoms with E-state index in [1.54, 1.807) is 0 Å². The molecule has 0 saturated heterocycles. The number of nitrogens with zero attached hydrogens (tertiary/aromatic N) is 2. The molecule has 1 heterocycles. The van der Waals surface area contributed by atoms with Crippen molar-refractivity contribution in [2.75, 3.05) is 6.61 Å². The van der Waals surface area contributed by atoms with E-state index in [4.69, 9.17) is 4.74 Å². The highest BCUT2D eigenvalue weighted by molar-refractivity contribution is 9.10. The van der Waals surface area contributed by atoms with Gasteiger partial charge in [0, 0.05) is 30.7 Å². The summed E-state index contributed by atoms with van der Waals surface area (Å²) in [7, 11) is -0.996. The van der Waals surface area contributed by atoms with Crippen molar-refractivity contribution < 1.29 is 4.74 Å². The van der Waals surface area contributed by atoms with Crippen LogP contribution in [0.1, 0.15) is 0 Å². The van der Waals surface area contributed by atoms with Crippen LogP contribution in [0.15, 0.2) is 28.9 Å². The highest BCUT2D eigenvalue weighted by Gasteiger charge is 2.12. The average molecular weight is 327 g/mol. The molecule has 18 heavy (non-hydrogen) atoms. The Kier molecular flexibility index (Phi) is 4.24. The molecule has 0 radical (unpaired) electrons. The number of hydrogen-bond acceptors (Lipinski definition) is 2. The summed E-state index contributed by atoms with van der Waals surface area (Å²) in [6.07, 6.45) is 2.02. The molecule has 0 aliphatic carbocycles. The highest BCUT2D eigenvalue weighted by atomic mass is 79.9. The zero-order valence-corrected chi connectivity index (χ0v) is 13.7. The lowest BCUT2D eigenvalue weighted by atomic mass is 10.3. The van der Waals surface area contributed by atoms with Gasteiger partial charge in [0.2, 0.25) is 0 Å². The van der Waals surface area contributed by atoms with Crippen LogP contribution in [0.3, 0.4) is 0 Å². The van der Waals surface area contributed by atoms with E-state index >= 15 is 0 Å². The largest absolute Gasteiger partial charge is 0.360 e. The normalized spacial score (nSPS) is 12.2. The van der Waals surface area contributed by atoms with Crippen LogP contribution in [0.4, 0.5) is 0 Å². The smallest absolute Gasteiger partial charge is 0.139 e. The number of ether oxygens (including phenoxy) is 1. The van der Waals surface area contributed by atoms with E-state index in [0.717, 1.165) is 22.0 Å². The third-order valence-corrected chi connectivity index (χ3v) is 4.93. The van der Waals surface area contributed by atoms with E-state index in [1.165, 1.54) is 6.04 Å². The maximum absolute atomic E-state index is 5.68. The van der Waals surface area contributed by atoms with Crippen LogP contribution in [0.25, 0.3) is 10.9 Å². The molecule has 0 bridgehead atoms. The van der Waals surface area contributed by atoms with Crippen LogP contribution in [-0.2, 0) is 11.5 Å². The lowest BCUT2D eigenvalue weighted by molar-refractivity contribution is 0.0791. The third-order valence-electron chi connectivity index (χ3n) is 2.74. The quantitative estimate of drug-likeness (QED) is 0.610. The van der Waals surface area contributed by atoms with Gasteiger partial charge in [0.1, 0.15) is 6.73 Å². The second kappa shape index (κ2) is 5.55. The van der Waals surface area contributed by atoms with Crippen molar-refractivity contribution in [3.63, 3.8) is 0 Å². The lowest BCUT2D eigenvalue weighted by Gasteiger charge is -2.15. The van der Waals surface area contributed by atoms with Crippen LogP contribution in [0, 0.1) is 0 Å². The molecule has 98 valence electrons. The number of aromatic nitrogens is 2. The molecule has 1 aromatic heterocycles. The topological polar surface area (TPSA) is 27.1 Å². The minimum Gasteiger partial charge on any atom is -0.360 e. The lowest BCUT2D eigenvalue weighted by Crippen LogP contribution is -2.22. The number of hydrogen-bond donors (Lipinski definition) is 0. The predicted octanol–water partition coefficient (Wildman–Crippen LogP) is 4.11. The van der Waals surface area contributed by atoms with Gasteiger partial charge in [0.25, 0.3) is 0 Å².